The van der Waals surface area contributed by atoms with E-state index in [2.05, 4.69) is 10.1 Å². The van der Waals surface area contributed by atoms with Gasteiger partial charge in [0.15, 0.2) is 5.58 Å². The average molecular weight is 293 g/mol. The van der Waals surface area contributed by atoms with E-state index in [9.17, 15) is 0 Å². The van der Waals surface area contributed by atoms with Gasteiger partial charge >= 0.3 is 0 Å². The van der Waals surface area contributed by atoms with Crippen molar-refractivity contribution in [1.29, 1.82) is 0 Å². The lowest BCUT2D eigenvalue weighted by molar-refractivity contribution is 0.305. The van der Waals surface area contributed by atoms with Crippen molar-refractivity contribution < 1.29 is 9.62 Å². The first-order valence-electron chi connectivity index (χ1n) is 6.49. The number of para-hydroxylation sites is 2. The van der Waals surface area contributed by atoms with E-state index in [0.29, 0.717) is 5.22 Å². The van der Waals surface area contributed by atoms with Crippen LogP contribution < -0.4 is 5.73 Å². The summed E-state index contributed by atoms with van der Waals surface area (Å²) in [6.07, 6.45) is 1.78. The first-order chi connectivity index (χ1) is 9.53. The molecule has 1 aromatic heterocycles. The minimum atomic E-state index is -0.295. The van der Waals surface area contributed by atoms with Gasteiger partial charge in [-0.1, -0.05) is 42.9 Å². The Kier molecular flexibility index (Phi) is 4.54. The Labute approximate surface area is 122 Å². The van der Waals surface area contributed by atoms with Crippen LogP contribution in [0.3, 0.4) is 0 Å². The highest BCUT2D eigenvalue weighted by Crippen LogP contribution is 2.27. The zero-order valence-electron chi connectivity index (χ0n) is 11.7. The van der Waals surface area contributed by atoms with Gasteiger partial charge in [0, 0.05) is 11.2 Å². The van der Waals surface area contributed by atoms with Crippen molar-refractivity contribution in [1.82, 2.24) is 4.98 Å². The Balaban J connectivity index is 1.84. The van der Waals surface area contributed by atoms with E-state index >= 15 is 0 Å². The SMILES string of the molecule is CC(C)(CCCSc1nc2ccccc2o1)C(N)=NO. The highest BCUT2D eigenvalue weighted by atomic mass is 32.2. The van der Waals surface area contributed by atoms with Crippen LogP contribution in [0.5, 0.6) is 0 Å². The summed E-state index contributed by atoms with van der Waals surface area (Å²) in [7, 11) is 0. The molecule has 1 aromatic carbocycles. The average Bonchev–Trinajstić information content (AvgIpc) is 2.85. The first-order valence-corrected chi connectivity index (χ1v) is 7.48. The number of oxime groups is 1. The number of hydrogen-bond acceptors (Lipinski definition) is 5. The molecule has 0 fully saturated rings. The molecule has 2 aromatic rings. The Hall–Kier alpha value is -1.69. The molecule has 0 bridgehead atoms. The molecule has 108 valence electrons. The summed E-state index contributed by atoms with van der Waals surface area (Å²) in [5.74, 6) is 1.15. The fraction of sp³-hybridized carbons (Fsp3) is 0.429. The van der Waals surface area contributed by atoms with Gasteiger partial charge in [0.2, 0.25) is 0 Å². The minimum Gasteiger partial charge on any atom is -0.431 e. The summed E-state index contributed by atoms with van der Waals surface area (Å²) in [6, 6.07) is 7.72. The molecule has 3 N–H and O–H groups in total. The number of hydrogen-bond donors (Lipinski definition) is 2. The van der Waals surface area contributed by atoms with Crippen LogP contribution >= 0.6 is 11.8 Å². The maximum absolute atomic E-state index is 8.72. The second-order valence-electron chi connectivity index (χ2n) is 5.27. The predicted molar refractivity (Wildman–Crippen MR) is 81.2 cm³/mol. The molecule has 0 aliphatic heterocycles. The second-order valence-corrected chi connectivity index (χ2v) is 6.31. The van der Waals surface area contributed by atoms with E-state index in [1.54, 1.807) is 11.8 Å². The largest absolute Gasteiger partial charge is 0.431 e. The summed E-state index contributed by atoms with van der Waals surface area (Å²) < 4.78 is 5.63. The van der Waals surface area contributed by atoms with Crippen molar-refractivity contribution >= 4 is 28.7 Å². The molecule has 0 aliphatic carbocycles. The lowest BCUT2D eigenvalue weighted by Gasteiger charge is -2.22. The third kappa shape index (κ3) is 3.45. The van der Waals surface area contributed by atoms with Gasteiger partial charge in [-0.25, -0.2) is 4.98 Å². The molecule has 20 heavy (non-hydrogen) atoms. The monoisotopic (exact) mass is 293 g/mol. The number of aromatic nitrogens is 1. The molecule has 0 saturated carbocycles. The van der Waals surface area contributed by atoms with Crippen LogP contribution in [0.1, 0.15) is 26.7 Å². The number of nitrogens with zero attached hydrogens (tertiary/aromatic N) is 2. The maximum Gasteiger partial charge on any atom is 0.256 e. The van der Waals surface area contributed by atoms with E-state index in [-0.39, 0.29) is 11.3 Å². The fourth-order valence-electron chi connectivity index (χ4n) is 1.85. The summed E-state index contributed by atoms with van der Waals surface area (Å²) in [6.45, 7) is 3.93. The minimum absolute atomic E-state index is 0.268. The molecule has 0 radical (unpaired) electrons. The number of rotatable bonds is 6. The van der Waals surface area contributed by atoms with Gasteiger partial charge < -0.3 is 15.4 Å². The van der Waals surface area contributed by atoms with E-state index in [1.165, 1.54) is 0 Å². The molecular weight excluding hydrogens is 274 g/mol. The van der Waals surface area contributed by atoms with E-state index in [0.717, 1.165) is 29.7 Å². The van der Waals surface area contributed by atoms with Crippen LogP contribution in [0.15, 0.2) is 39.1 Å². The Morgan fingerprint density at radius 3 is 2.90 bits per heavy atom. The van der Waals surface area contributed by atoms with Crippen LogP contribution in [0.2, 0.25) is 0 Å². The van der Waals surface area contributed by atoms with E-state index in [1.807, 2.05) is 38.1 Å². The Bertz CT molecular complexity index is 574. The summed E-state index contributed by atoms with van der Waals surface area (Å²) in [4.78, 5) is 4.41. The molecule has 0 saturated heterocycles. The number of amidine groups is 1. The fourth-order valence-corrected chi connectivity index (χ4v) is 2.62. The molecule has 0 amide bonds. The molecule has 5 nitrogen and oxygen atoms in total. The zero-order chi connectivity index (χ0) is 14.6. The van der Waals surface area contributed by atoms with Gasteiger partial charge in [-0.05, 0) is 25.0 Å². The van der Waals surface area contributed by atoms with Crippen LogP contribution in [-0.4, -0.2) is 21.8 Å². The number of thioether (sulfide) groups is 1. The van der Waals surface area contributed by atoms with Gasteiger partial charge in [0.25, 0.3) is 5.22 Å². The molecule has 1 heterocycles. The predicted octanol–water partition coefficient (Wildman–Crippen LogP) is 3.47. The van der Waals surface area contributed by atoms with Crippen molar-refractivity contribution in [2.24, 2.45) is 16.3 Å². The van der Waals surface area contributed by atoms with Gasteiger partial charge in [0.05, 0.1) is 0 Å². The van der Waals surface area contributed by atoms with E-state index in [4.69, 9.17) is 15.4 Å². The van der Waals surface area contributed by atoms with Gasteiger partial charge in [-0.3, -0.25) is 0 Å². The maximum atomic E-state index is 8.72. The third-order valence-electron chi connectivity index (χ3n) is 3.25. The van der Waals surface area contributed by atoms with Crippen molar-refractivity contribution in [2.75, 3.05) is 5.75 Å². The second kappa shape index (κ2) is 6.17. The molecule has 6 heteroatoms. The highest BCUT2D eigenvalue weighted by molar-refractivity contribution is 7.99. The van der Waals surface area contributed by atoms with Crippen LogP contribution in [0, 0.1) is 5.41 Å². The van der Waals surface area contributed by atoms with Gasteiger partial charge in [0.1, 0.15) is 11.4 Å². The van der Waals surface area contributed by atoms with Crippen molar-refractivity contribution in [3.8, 4) is 0 Å². The smallest absolute Gasteiger partial charge is 0.256 e. The van der Waals surface area contributed by atoms with Crippen molar-refractivity contribution in [3.63, 3.8) is 0 Å². The normalized spacial score (nSPS) is 13.0. The molecule has 2 rings (SSSR count). The summed E-state index contributed by atoms with van der Waals surface area (Å²) in [5.41, 5.74) is 7.06. The molecule has 0 unspecified atom stereocenters. The quantitative estimate of drug-likeness (QED) is 0.213. The summed E-state index contributed by atoms with van der Waals surface area (Å²) >= 11 is 1.59. The highest BCUT2D eigenvalue weighted by Gasteiger charge is 2.22. The number of fused-ring (bicyclic) bond motifs is 1. The molecule has 0 spiro atoms. The Morgan fingerprint density at radius 1 is 1.45 bits per heavy atom. The lowest BCUT2D eigenvalue weighted by atomic mass is 9.87. The van der Waals surface area contributed by atoms with Gasteiger partial charge in [-0.15, -0.1) is 0 Å². The first kappa shape index (κ1) is 14.7. The van der Waals surface area contributed by atoms with Crippen LogP contribution in [0.4, 0.5) is 0 Å². The van der Waals surface area contributed by atoms with Crippen molar-refractivity contribution in [2.45, 2.75) is 31.9 Å². The lowest BCUT2D eigenvalue weighted by Crippen LogP contribution is -2.31. The Morgan fingerprint density at radius 2 is 2.20 bits per heavy atom. The topological polar surface area (TPSA) is 84.6 Å². The molecule has 0 aliphatic rings. The van der Waals surface area contributed by atoms with E-state index < -0.39 is 0 Å². The summed E-state index contributed by atoms with van der Waals surface area (Å²) in [5, 5.41) is 12.5. The number of oxazole rings is 1. The molecule has 0 atom stereocenters. The number of nitrogens with two attached hydrogens (primary N) is 1. The number of benzene rings is 1. The molecular formula is C14H19N3O2S. The zero-order valence-corrected chi connectivity index (χ0v) is 12.5. The third-order valence-corrected chi connectivity index (χ3v) is 4.16. The van der Waals surface area contributed by atoms with Crippen LogP contribution in [-0.2, 0) is 0 Å². The van der Waals surface area contributed by atoms with Crippen molar-refractivity contribution in [3.05, 3.63) is 24.3 Å². The standard InChI is InChI=1S/C14H19N3O2S/c1-14(2,12(15)17-18)8-5-9-20-13-16-10-6-3-4-7-11(10)19-13/h3-4,6-7,18H,5,8-9H2,1-2H3,(H2,15,17). The van der Waals surface area contributed by atoms with Crippen LogP contribution in [0.25, 0.3) is 11.1 Å². The van der Waals surface area contributed by atoms with Gasteiger partial charge in [-0.2, -0.15) is 0 Å².